The number of hydrogen-bond acceptors (Lipinski definition) is 5. The number of nitrogen functional groups attached to an aromatic ring is 1. The van der Waals surface area contributed by atoms with Crippen LogP contribution in [0.3, 0.4) is 0 Å². The average Bonchev–Trinajstić information content (AvgIpc) is 2.60. The Morgan fingerprint density at radius 3 is 2.79 bits per heavy atom. The Kier molecular flexibility index (Phi) is 4.31. The van der Waals surface area contributed by atoms with E-state index in [9.17, 15) is 0 Å². The minimum absolute atomic E-state index is 0.0401. The molecule has 0 bridgehead atoms. The number of anilines is 1. The molecule has 6 heteroatoms. The molecular formula is C13H22N6. The molecule has 3 N–H and O–H groups in total. The van der Waals surface area contributed by atoms with E-state index in [1.165, 1.54) is 0 Å². The van der Waals surface area contributed by atoms with Crippen molar-refractivity contribution in [2.45, 2.75) is 25.8 Å². The van der Waals surface area contributed by atoms with Gasteiger partial charge in [-0.1, -0.05) is 6.92 Å². The van der Waals surface area contributed by atoms with Crippen LogP contribution in [0.1, 0.15) is 25.5 Å². The Hall–Kier alpha value is -1.69. The molecule has 1 atom stereocenters. The van der Waals surface area contributed by atoms with Gasteiger partial charge in [0.2, 0.25) is 0 Å². The first-order valence-corrected chi connectivity index (χ1v) is 6.73. The molecule has 1 unspecified atom stereocenters. The van der Waals surface area contributed by atoms with Crippen molar-refractivity contribution in [2.75, 3.05) is 31.6 Å². The van der Waals surface area contributed by atoms with E-state index < -0.39 is 0 Å². The van der Waals surface area contributed by atoms with Crippen molar-refractivity contribution in [3.8, 4) is 0 Å². The number of likely N-dealkylation sites (N-methyl/N-ethyl adjacent to an activating group) is 1. The van der Waals surface area contributed by atoms with Gasteiger partial charge in [-0.05, 0) is 26.4 Å². The van der Waals surface area contributed by atoms with Gasteiger partial charge in [0.15, 0.2) is 0 Å². The summed E-state index contributed by atoms with van der Waals surface area (Å²) in [6.07, 6.45) is 5.52. The average molecular weight is 262 g/mol. The third kappa shape index (κ3) is 3.20. The summed E-state index contributed by atoms with van der Waals surface area (Å²) in [6, 6.07) is 0.463. The Morgan fingerprint density at radius 2 is 2.21 bits per heavy atom. The van der Waals surface area contributed by atoms with E-state index in [1.807, 2.05) is 0 Å². The lowest BCUT2D eigenvalue weighted by Gasteiger charge is -2.30. The van der Waals surface area contributed by atoms with E-state index in [2.05, 4.69) is 33.7 Å². The number of nitrogens with two attached hydrogens (primary N) is 1. The summed E-state index contributed by atoms with van der Waals surface area (Å²) in [4.78, 5) is 13.3. The zero-order valence-corrected chi connectivity index (χ0v) is 11.6. The van der Waals surface area contributed by atoms with Gasteiger partial charge in [-0.15, -0.1) is 0 Å². The zero-order valence-electron chi connectivity index (χ0n) is 11.6. The molecule has 1 aromatic rings. The van der Waals surface area contributed by atoms with Gasteiger partial charge in [-0.3, -0.25) is 5.41 Å². The van der Waals surface area contributed by atoms with Gasteiger partial charge in [0.25, 0.3) is 0 Å². The summed E-state index contributed by atoms with van der Waals surface area (Å²) < 4.78 is 0. The maximum Gasteiger partial charge on any atom is 0.147 e. The normalized spacial score (nSPS) is 21.2. The highest BCUT2D eigenvalue weighted by Crippen LogP contribution is 2.19. The van der Waals surface area contributed by atoms with Crippen molar-refractivity contribution in [2.24, 2.45) is 5.73 Å². The molecule has 6 nitrogen and oxygen atoms in total. The number of nitrogens with zero attached hydrogens (tertiary/aromatic N) is 4. The maximum atomic E-state index is 7.34. The first-order chi connectivity index (χ1) is 9.11. The van der Waals surface area contributed by atoms with Crippen molar-refractivity contribution < 1.29 is 0 Å². The Morgan fingerprint density at radius 1 is 1.42 bits per heavy atom. The highest BCUT2D eigenvalue weighted by atomic mass is 15.3. The predicted molar refractivity (Wildman–Crippen MR) is 76.6 cm³/mol. The van der Waals surface area contributed by atoms with Gasteiger partial charge < -0.3 is 15.5 Å². The molecule has 0 aliphatic carbocycles. The van der Waals surface area contributed by atoms with Crippen LogP contribution in [0.4, 0.5) is 5.82 Å². The lowest BCUT2D eigenvalue weighted by atomic mass is 10.2. The van der Waals surface area contributed by atoms with Gasteiger partial charge in [0.1, 0.15) is 17.3 Å². The first kappa shape index (κ1) is 13.7. The molecule has 2 rings (SSSR count). The Labute approximate surface area is 114 Å². The van der Waals surface area contributed by atoms with Crippen LogP contribution >= 0.6 is 0 Å². The summed E-state index contributed by atoms with van der Waals surface area (Å²) in [5, 5.41) is 7.34. The second-order valence-corrected chi connectivity index (χ2v) is 5.04. The van der Waals surface area contributed by atoms with Gasteiger partial charge in [0, 0.05) is 19.1 Å². The first-order valence-electron chi connectivity index (χ1n) is 6.73. The highest BCUT2D eigenvalue weighted by molar-refractivity contribution is 5.92. The van der Waals surface area contributed by atoms with Crippen molar-refractivity contribution in [1.29, 1.82) is 5.41 Å². The minimum atomic E-state index is -0.0401. The number of nitrogens with one attached hydrogen (secondary N) is 1. The van der Waals surface area contributed by atoms with Gasteiger partial charge in [-0.25, -0.2) is 9.97 Å². The predicted octanol–water partition coefficient (Wildman–Crippen LogP) is 0.681. The van der Waals surface area contributed by atoms with Crippen molar-refractivity contribution in [1.82, 2.24) is 14.9 Å². The molecular weight excluding hydrogens is 240 g/mol. The van der Waals surface area contributed by atoms with Gasteiger partial charge in [0.05, 0.1) is 12.4 Å². The lowest BCUT2D eigenvalue weighted by molar-refractivity contribution is 0.327. The Balaban J connectivity index is 2.20. The second kappa shape index (κ2) is 5.97. The minimum Gasteiger partial charge on any atom is -0.382 e. The molecule has 0 saturated carbocycles. The fraction of sp³-hybridized carbons (Fsp3) is 0.615. The van der Waals surface area contributed by atoms with E-state index in [1.54, 1.807) is 12.4 Å². The van der Waals surface area contributed by atoms with Crippen molar-refractivity contribution >= 4 is 11.7 Å². The summed E-state index contributed by atoms with van der Waals surface area (Å²) in [7, 11) is 2.16. The molecule has 1 aliphatic rings. The molecule has 0 aromatic carbocycles. The maximum absolute atomic E-state index is 7.34. The van der Waals surface area contributed by atoms with Crippen LogP contribution < -0.4 is 10.6 Å². The van der Waals surface area contributed by atoms with Crippen LogP contribution in [-0.2, 0) is 0 Å². The van der Waals surface area contributed by atoms with E-state index in [0.717, 1.165) is 38.3 Å². The highest BCUT2D eigenvalue weighted by Gasteiger charge is 2.23. The molecule has 0 amide bonds. The molecule has 104 valence electrons. The quantitative estimate of drug-likeness (QED) is 0.618. The van der Waals surface area contributed by atoms with Crippen LogP contribution in [0, 0.1) is 5.41 Å². The molecule has 1 aliphatic heterocycles. The number of hydrogen-bond donors (Lipinski definition) is 2. The fourth-order valence-corrected chi connectivity index (χ4v) is 2.50. The SMILES string of the molecule is CCC1CN(C)CCCN1c1cnc(C(=N)N)cn1. The lowest BCUT2D eigenvalue weighted by Crippen LogP contribution is -2.40. The van der Waals surface area contributed by atoms with Crippen LogP contribution in [-0.4, -0.2) is 53.4 Å². The van der Waals surface area contributed by atoms with Crippen molar-refractivity contribution in [3.63, 3.8) is 0 Å². The summed E-state index contributed by atoms with van der Waals surface area (Å²) in [5.41, 5.74) is 5.83. The largest absolute Gasteiger partial charge is 0.382 e. The molecule has 0 spiro atoms. The Bertz CT molecular complexity index is 429. The standard InChI is InChI=1S/C13H22N6/c1-3-10-9-18(2)5-4-6-19(10)12-8-16-11(7-17-12)13(14)15/h7-8,10H,3-6,9H2,1-2H3,(H3,14,15). The summed E-state index contributed by atoms with van der Waals surface area (Å²) in [5.74, 6) is 0.842. The zero-order chi connectivity index (χ0) is 13.8. The van der Waals surface area contributed by atoms with Crippen LogP contribution in [0.5, 0.6) is 0 Å². The van der Waals surface area contributed by atoms with Gasteiger partial charge >= 0.3 is 0 Å². The third-order valence-corrected chi connectivity index (χ3v) is 3.58. The summed E-state index contributed by atoms with van der Waals surface area (Å²) in [6.45, 7) is 5.36. The molecule has 2 heterocycles. The van der Waals surface area contributed by atoms with E-state index >= 15 is 0 Å². The topological polar surface area (TPSA) is 82.1 Å². The van der Waals surface area contributed by atoms with Crippen LogP contribution in [0.25, 0.3) is 0 Å². The van der Waals surface area contributed by atoms with Crippen LogP contribution in [0.15, 0.2) is 12.4 Å². The summed E-state index contributed by atoms with van der Waals surface area (Å²) >= 11 is 0. The number of aromatic nitrogens is 2. The third-order valence-electron chi connectivity index (χ3n) is 3.58. The molecule has 1 saturated heterocycles. The van der Waals surface area contributed by atoms with Crippen LogP contribution in [0.2, 0.25) is 0 Å². The fourth-order valence-electron chi connectivity index (χ4n) is 2.50. The van der Waals surface area contributed by atoms with E-state index in [-0.39, 0.29) is 5.84 Å². The van der Waals surface area contributed by atoms with E-state index in [0.29, 0.717) is 11.7 Å². The monoisotopic (exact) mass is 262 g/mol. The molecule has 1 aromatic heterocycles. The van der Waals surface area contributed by atoms with Crippen molar-refractivity contribution in [3.05, 3.63) is 18.1 Å². The smallest absolute Gasteiger partial charge is 0.147 e. The molecule has 1 fully saturated rings. The number of amidine groups is 1. The van der Waals surface area contributed by atoms with E-state index in [4.69, 9.17) is 11.1 Å². The van der Waals surface area contributed by atoms with Gasteiger partial charge in [-0.2, -0.15) is 0 Å². The number of rotatable bonds is 3. The molecule has 19 heavy (non-hydrogen) atoms. The molecule has 0 radical (unpaired) electrons. The second-order valence-electron chi connectivity index (χ2n) is 5.04.